The Morgan fingerprint density at radius 2 is 1.83 bits per heavy atom. The predicted octanol–water partition coefficient (Wildman–Crippen LogP) is 3.82. The lowest BCUT2D eigenvalue weighted by Crippen LogP contribution is -2.48. The quantitative estimate of drug-likeness (QED) is 0.656. The molecule has 1 fully saturated rings. The number of thiophene rings is 1. The van der Waals surface area contributed by atoms with Gasteiger partial charge in [-0.15, -0.1) is 11.3 Å². The van der Waals surface area contributed by atoms with Crippen LogP contribution >= 0.6 is 22.7 Å². The Balaban J connectivity index is 1.60. The highest BCUT2D eigenvalue weighted by atomic mass is 32.1. The topological polar surface area (TPSA) is 84.0 Å². The number of carbonyl (C=O) groups is 2. The van der Waals surface area contributed by atoms with Gasteiger partial charge in [0.05, 0.1) is 29.5 Å². The summed E-state index contributed by atoms with van der Waals surface area (Å²) in [5.41, 5.74) is 1.73. The number of rotatable bonds is 4. The molecule has 1 saturated heterocycles. The zero-order valence-electron chi connectivity index (χ0n) is 16.9. The first kappa shape index (κ1) is 20.4. The van der Waals surface area contributed by atoms with Gasteiger partial charge in [-0.25, -0.2) is 9.78 Å². The molecule has 158 valence electrons. The Labute approximate surface area is 182 Å². The van der Waals surface area contributed by atoms with E-state index in [-0.39, 0.29) is 12.0 Å². The van der Waals surface area contributed by atoms with Gasteiger partial charge in [0.1, 0.15) is 11.3 Å². The van der Waals surface area contributed by atoms with Crippen molar-refractivity contribution in [2.75, 3.05) is 50.6 Å². The summed E-state index contributed by atoms with van der Waals surface area (Å²) in [5.74, 6) is 0.491. The second-order valence-electron chi connectivity index (χ2n) is 6.79. The number of piperazine rings is 1. The molecule has 2 aromatic heterocycles. The minimum Gasteiger partial charge on any atom is -0.494 e. The Morgan fingerprint density at radius 1 is 1.07 bits per heavy atom. The second-order valence-corrected chi connectivity index (χ2v) is 9.08. The Kier molecular flexibility index (Phi) is 5.78. The van der Waals surface area contributed by atoms with E-state index in [0.717, 1.165) is 15.3 Å². The number of nitrogens with zero attached hydrogens (tertiary/aromatic N) is 3. The third kappa shape index (κ3) is 3.92. The van der Waals surface area contributed by atoms with Crippen LogP contribution in [0.15, 0.2) is 24.3 Å². The fourth-order valence-corrected chi connectivity index (χ4v) is 5.19. The van der Waals surface area contributed by atoms with E-state index in [9.17, 15) is 9.59 Å². The molecule has 0 radical (unpaired) electrons. The molecule has 30 heavy (non-hydrogen) atoms. The zero-order valence-corrected chi connectivity index (χ0v) is 18.6. The molecule has 4 rings (SSSR count). The zero-order chi connectivity index (χ0) is 21.3. The maximum atomic E-state index is 12.5. The minimum atomic E-state index is -0.305. The molecule has 0 aliphatic carbocycles. The molecule has 10 heteroatoms. The maximum Gasteiger partial charge on any atom is 0.409 e. The van der Waals surface area contributed by atoms with Gasteiger partial charge < -0.3 is 19.3 Å². The molecular formula is C20H22N4O4S2. The monoisotopic (exact) mass is 446 g/mol. The summed E-state index contributed by atoms with van der Waals surface area (Å²) in [6, 6.07) is 7.63. The van der Waals surface area contributed by atoms with E-state index in [1.165, 1.54) is 29.8 Å². The van der Waals surface area contributed by atoms with Crippen molar-refractivity contribution in [1.29, 1.82) is 0 Å². The predicted molar refractivity (Wildman–Crippen MR) is 119 cm³/mol. The van der Waals surface area contributed by atoms with Crippen molar-refractivity contribution >= 4 is 55.7 Å². The van der Waals surface area contributed by atoms with Gasteiger partial charge in [-0.05, 0) is 31.2 Å². The molecule has 1 N–H and O–H groups in total. The van der Waals surface area contributed by atoms with Crippen LogP contribution in [0.2, 0.25) is 0 Å². The molecule has 0 spiro atoms. The van der Waals surface area contributed by atoms with Crippen molar-refractivity contribution in [2.45, 2.75) is 6.92 Å². The fraction of sp³-hybridized carbons (Fsp3) is 0.350. The highest BCUT2D eigenvalue weighted by Crippen LogP contribution is 2.40. The van der Waals surface area contributed by atoms with Crippen LogP contribution in [0.3, 0.4) is 0 Å². The van der Waals surface area contributed by atoms with Crippen LogP contribution in [0.5, 0.6) is 5.75 Å². The minimum absolute atomic E-state index is 0.167. The van der Waals surface area contributed by atoms with Crippen LogP contribution in [-0.2, 0) is 4.74 Å². The van der Waals surface area contributed by atoms with Crippen molar-refractivity contribution in [3.05, 3.63) is 34.0 Å². The number of anilines is 2. The van der Waals surface area contributed by atoms with E-state index in [4.69, 9.17) is 9.47 Å². The molecule has 3 aromatic rings. The molecule has 0 saturated carbocycles. The number of amides is 2. The van der Waals surface area contributed by atoms with Gasteiger partial charge in [0, 0.05) is 31.1 Å². The number of ether oxygens (including phenoxy) is 2. The van der Waals surface area contributed by atoms with E-state index in [2.05, 4.69) is 15.2 Å². The molecular weight excluding hydrogens is 424 g/mol. The molecule has 1 aromatic carbocycles. The molecule has 8 nitrogen and oxygen atoms in total. The molecule has 1 aliphatic heterocycles. The van der Waals surface area contributed by atoms with E-state index < -0.39 is 0 Å². The van der Waals surface area contributed by atoms with Crippen molar-refractivity contribution in [1.82, 2.24) is 9.88 Å². The first-order valence-electron chi connectivity index (χ1n) is 9.43. The number of aryl methyl sites for hydroxylation is 1. The van der Waals surface area contributed by atoms with Crippen LogP contribution in [0.4, 0.5) is 15.6 Å². The van der Waals surface area contributed by atoms with Gasteiger partial charge in [-0.3, -0.25) is 10.1 Å². The normalized spacial score (nSPS) is 14.1. The van der Waals surface area contributed by atoms with Gasteiger partial charge in [0.25, 0.3) is 5.91 Å². The van der Waals surface area contributed by atoms with Gasteiger partial charge in [-0.2, -0.15) is 0 Å². The highest BCUT2D eigenvalue weighted by molar-refractivity contribution is 7.23. The van der Waals surface area contributed by atoms with Gasteiger partial charge in [0.15, 0.2) is 5.13 Å². The summed E-state index contributed by atoms with van der Waals surface area (Å²) in [6.07, 6.45) is -0.305. The number of nitrogens with one attached hydrogen (secondary N) is 1. The van der Waals surface area contributed by atoms with Crippen LogP contribution in [0.1, 0.15) is 14.5 Å². The lowest BCUT2D eigenvalue weighted by molar-refractivity contribution is 0.103. The number of methoxy groups -OCH3 is 2. The third-order valence-electron chi connectivity index (χ3n) is 4.94. The fourth-order valence-electron chi connectivity index (χ4n) is 3.41. The number of thiazole rings is 1. The van der Waals surface area contributed by atoms with Gasteiger partial charge in [0.2, 0.25) is 0 Å². The standard InChI is InChI=1S/C20H22N4O4S2/c1-12-4-7-15(29-12)18(25)22-19-21-16-14(27-2)6-5-13(17(16)30-19)23-8-10-24(11-9-23)20(26)28-3/h4-7H,8-11H2,1-3H3,(H,21,22,25). The van der Waals surface area contributed by atoms with E-state index >= 15 is 0 Å². The first-order valence-corrected chi connectivity index (χ1v) is 11.1. The SMILES string of the molecule is COC(=O)N1CCN(c2ccc(OC)c3nc(NC(=O)c4ccc(C)s4)sc23)CC1. The van der Waals surface area contributed by atoms with Crippen molar-refractivity contribution < 1.29 is 19.1 Å². The number of benzene rings is 1. The molecule has 0 atom stereocenters. The third-order valence-corrected chi connectivity index (χ3v) is 6.94. The van der Waals surface area contributed by atoms with E-state index in [1.807, 2.05) is 31.2 Å². The summed E-state index contributed by atoms with van der Waals surface area (Å²) in [7, 11) is 3.00. The largest absolute Gasteiger partial charge is 0.494 e. The highest BCUT2D eigenvalue weighted by Gasteiger charge is 2.24. The molecule has 3 heterocycles. The number of hydrogen-bond donors (Lipinski definition) is 1. The molecule has 0 unspecified atom stereocenters. The molecule has 0 bridgehead atoms. The van der Waals surface area contributed by atoms with Gasteiger partial charge >= 0.3 is 6.09 Å². The van der Waals surface area contributed by atoms with Crippen molar-refractivity contribution in [3.8, 4) is 5.75 Å². The van der Waals surface area contributed by atoms with Gasteiger partial charge in [-0.1, -0.05) is 11.3 Å². The molecule has 2 amide bonds. The Bertz CT molecular complexity index is 1090. The first-order chi connectivity index (χ1) is 14.5. The van der Waals surface area contributed by atoms with E-state index in [0.29, 0.717) is 47.5 Å². The number of fused-ring (bicyclic) bond motifs is 1. The summed E-state index contributed by atoms with van der Waals surface area (Å²) < 4.78 is 11.2. The number of carbonyl (C=O) groups excluding carboxylic acids is 2. The summed E-state index contributed by atoms with van der Waals surface area (Å²) in [4.78, 5) is 34.6. The summed E-state index contributed by atoms with van der Waals surface area (Å²) in [5, 5.41) is 3.44. The van der Waals surface area contributed by atoms with Crippen LogP contribution < -0.4 is 15.0 Å². The number of aromatic nitrogens is 1. The van der Waals surface area contributed by atoms with Crippen LogP contribution in [-0.4, -0.2) is 62.3 Å². The van der Waals surface area contributed by atoms with E-state index in [1.54, 1.807) is 12.0 Å². The lowest BCUT2D eigenvalue weighted by Gasteiger charge is -2.35. The van der Waals surface area contributed by atoms with Crippen molar-refractivity contribution in [3.63, 3.8) is 0 Å². The lowest BCUT2D eigenvalue weighted by atomic mass is 10.2. The average Bonchev–Trinajstić information content (AvgIpc) is 3.38. The smallest absolute Gasteiger partial charge is 0.409 e. The van der Waals surface area contributed by atoms with Crippen molar-refractivity contribution in [2.24, 2.45) is 0 Å². The second kappa shape index (κ2) is 8.49. The Hall–Kier alpha value is -2.85. The average molecular weight is 447 g/mol. The summed E-state index contributed by atoms with van der Waals surface area (Å²) in [6.45, 7) is 4.51. The van der Waals surface area contributed by atoms with Crippen LogP contribution in [0, 0.1) is 6.92 Å². The van der Waals surface area contributed by atoms with Crippen LogP contribution in [0.25, 0.3) is 10.2 Å². The molecule has 1 aliphatic rings. The summed E-state index contributed by atoms with van der Waals surface area (Å²) >= 11 is 2.87. The number of hydrogen-bond acceptors (Lipinski definition) is 8. The Morgan fingerprint density at radius 3 is 2.47 bits per heavy atom. The maximum absolute atomic E-state index is 12.5.